The quantitative estimate of drug-likeness (QED) is 0.318. The number of ether oxygens (including phenoxy) is 2. The summed E-state index contributed by atoms with van der Waals surface area (Å²) in [6.45, 7) is 8.31. The van der Waals surface area contributed by atoms with Crippen molar-refractivity contribution in [2.75, 3.05) is 7.11 Å². The first-order valence-corrected chi connectivity index (χ1v) is 12.3. The zero-order valence-corrected chi connectivity index (χ0v) is 20.3. The molecule has 32 heavy (non-hydrogen) atoms. The molecule has 1 aliphatic heterocycles. The van der Waals surface area contributed by atoms with Gasteiger partial charge in [0.2, 0.25) is 0 Å². The van der Waals surface area contributed by atoms with E-state index < -0.39 is 43.5 Å². The van der Waals surface area contributed by atoms with E-state index >= 15 is 0 Å². The van der Waals surface area contributed by atoms with Crippen LogP contribution in [0.4, 0.5) is 0 Å². The predicted molar refractivity (Wildman–Crippen MR) is 119 cm³/mol. The number of pyridine rings is 1. The summed E-state index contributed by atoms with van der Waals surface area (Å²) in [6, 6.07) is 1.67. The van der Waals surface area contributed by atoms with Crippen molar-refractivity contribution in [3.63, 3.8) is 0 Å². The Kier molecular flexibility index (Phi) is 8.88. The van der Waals surface area contributed by atoms with Crippen LogP contribution in [-0.4, -0.2) is 57.0 Å². The smallest absolute Gasteiger partial charge is 0.356 e. The molecular formula is C22H34NO8P. The zero-order chi connectivity index (χ0) is 24.3. The van der Waals surface area contributed by atoms with E-state index in [1.54, 1.807) is 40.7 Å². The fourth-order valence-electron chi connectivity index (χ4n) is 3.81. The molecule has 1 fully saturated rings. The largest absolute Gasteiger partial charge is 0.388 e. The van der Waals surface area contributed by atoms with Crippen LogP contribution in [-0.2, 0) is 18.6 Å². The van der Waals surface area contributed by atoms with Gasteiger partial charge in [0.15, 0.2) is 5.85 Å². The molecule has 0 spiro atoms. The van der Waals surface area contributed by atoms with Gasteiger partial charge in [-0.1, -0.05) is 19.8 Å². The topological polar surface area (TPSA) is 138 Å². The van der Waals surface area contributed by atoms with Gasteiger partial charge in [0.05, 0.1) is 17.4 Å². The molecule has 2 heterocycles. The average molecular weight is 471 g/mol. The Labute approximate surface area is 188 Å². The highest BCUT2D eigenvalue weighted by Gasteiger charge is 2.49. The lowest BCUT2D eigenvalue weighted by atomic mass is 9.92. The molecule has 1 saturated heterocycles. The molecule has 4 unspecified atom stereocenters. The second-order valence-electron chi connectivity index (χ2n) is 8.32. The number of aryl methyl sites for hydroxylation is 1. The molecule has 1 aromatic rings. The van der Waals surface area contributed by atoms with Crippen LogP contribution in [0.25, 0.3) is 0 Å². The molecule has 2 rings (SSSR count). The Bertz CT molecular complexity index is 967. The molecule has 10 heteroatoms. The van der Waals surface area contributed by atoms with Crippen molar-refractivity contribution in [3.8, 4) is 11.8 Å². The van der Waals surface area contributed by atoms with Crippen LogP contribution in [0.3, 0.4) is 0 Å². The summed E-state index contributed by atoms with van der Waals surface area (Å²) >= 11 is 0. The molecule has 4 N–H and O–H groups in total. The fourth-order valence-corrected chi connectivity index (χ4v) is 5.22. The third-order valence-electron chi connectivity index (χ3n) is 5.90. The molecule has 180 valence electrons. The molecular weight excluding hydrogens is 437 g/mol. The van der Waals surface area contributed by atoms with Gasteiger partial charge in [0.1, 0.15) is 18.3 Å². The third kappa shape index (κ3) is 5.70. The van der Waals surface area contributed by atoms with Gasteiger partial charge in [-0.2, -0.15) is 0 Å². The Morgan fingerprint density at radius 3 is 2.59 bits per heavy atom. The van der Waals surface area contributed by atoms with Crippen LogP contribution in [0.5, 0.6) is 0 Å². The molecule has 0 amide bonds. The maximum Gasteiger partial charge on any atom is 0.356 e. The number of H-pyrrole nitrogens is 1. The van der Waals surface area contributed by atoms with Gasteiger partial charge in [0, 0.05) is 24.7 Å². The van der Waals surface area contributed by atoms with E-state index in [1.807, 2.05) is 0 Å². The lowest BCUT2D eigenvalue weighted by Gasteiger charge is -2.34. The maximum absolute atomic E-state index is 12.5. The maximum atomic E-state index is 12.5. The SMILES string of the molecule is CC#Cc1[nH]c(=O)c(C)cc1[C@@H]1O[C@H](CC(C)(CC)OP(=O)(O)C(O)CC)C(O)[C@@H]1OC. The normalized spacial score (nSPS) is 27.8. The summed E-state index contributed by atoms with van der Waals surface area (Å²) in [5.41, 5.74) is 0.0126. The van der Waals surface area contributed by atoms with E-state index in [0.29, 0.717) is 23.2 Å². The van der Waals surface area contributed by atoms with Crippen molar-refractivity contribution in [1.29, 1.82) is 0 Å². The van der Waals surface area contributed by atoms with Crippen molar-refractivity contribution >= 4 is 7.60 Å². The molecule has 0 radical (unpaired) electrons. The molecule has 0 saturated carbocycles. The fraction of sp³-hybridized carbons (Fsp3) is 0.682. The second-order valence-corrected chi connectivity index (χ2v) is 10.2. The Morgan fingerprint density at radius 2 is 2.06 bits per heavy atom. The summed E-state index contributed by atoms with van der Waals surface area (Å²) in [7, 11) is -2.84. The summed E-state index contributed by atoms with van der Waals surface area (Å²) in [6.07, 6.45) is -2.85. The molecule has 7 atom stereocenters. The van der Waals surface area contributed by atoms with E-state index in [4.69, 9.17) is 14.0 Å². The van der Waals surface area contributed by atoms with Gasteiger partial charge in [-0.3, -0.25) is 9.36 Å². The number of aromatic amines is 1. The first-order chi connectivity index (χ1) is 14.9. The van der Waals surface area contributed by atoms with Crippen molar-refractivity contribution < 1.29 is 33.7 Å². The van der Waals surface area contributed by atoms with E-state index in [0.717, 1.165) is 0 Å². The van der Waals surface area contributed by atoms with Gasteiger partial charge in [0.25, 0.3) is 5.56 Å². The minimum atomic E-state index is -4.29. The van der Waals surface area contributed by atoms with Gasteiger partial charge in [-0.05, 0) is 45.6 Å². The van der Waals surface area contributed by atoms with Gasteiger partial charge in [-0.15, -0.1) is 0 Å². The minimum Gasteiger partial charge on any atom is -0.388 e. The van der Waals surface area contributed by atoms with E-state index in [9.17, 15) is 24.5 Å². The van der Waals surface area contributed by atoms with Crippen LogP contribution in [0.1, 0.15) is 69.9 Å². The number of hydrogen-bond acceptors (Lipinski definition) is 7. The highest BCUT2D eigenvalue weighted by Crippen LogP contribution is 2.53. The van der Waals surface area contributed by atoms with Crippen LogP contribution < -0.4 is 5.56 Å². The lowest BCUT2D eigenvalue weighted by molar-refractivity contribution is -0.0495. The van der Waals surface area contributed by atoms with Gasteiger partial charge < -0.3 is 34.1 Å². The average Bonchev–Trinajstić information content (AvgIpc) is 3.04. The molecule has 1 aromatic heterocycles. The number of hydrogen-bond donors (Lipinski definition) is 4. The Hall–Kier alpha value is -1.50. The monoisotopic (exact) mass is 471 g/mol. The molecule has 1 aliphatic rings. The lowest BCUT2D eigenvalue weighted by Crippen LogP contribution is -2.39. The van der Waals surface area contributed by atoms with Crippen molar-refractivity contribution in [3.05, 3.63) is 33.2 Å². The molecule has 0 aliphatic carbocycles. The predicted octanol–water partition coefficient (Wildman–Crippen LogP) is 2.36. The second kappa shape index (κ2) is 10.6. The first kappa shape index (κ1) is 26.7. The summed E-state index contributed by atoms with van der Waals surface area (Å²) < 4.78 is 29.7. The number of nitrogens with one attached hydrogen (secondary N) is 1. The van der Waals surface area contributed by atoms with Crippen LogP contribution in [0, 0.1) is 18.8 Å². The van der Waals surface area contributed by atoms with E-state index in [2.05, 4.69) is 16.8 Å². The van der Waals surface area contributed by atoms with Crippen molar-refractivity contribution in [2.24, 2.45) is 0 Å². The molecule has 0 bridgehead atoms. The summed E-state index contributed by atoms with van der Waals surface area (Å²) in [5, 5.41) is 20.8. The highest BCUT2D eigenvalue weighted by molar-refractivity contribution is 7.53. The summed E-state index contributed by atoms with van der Waals surface area (Å²) in [5.74, 6) is 4.12. The van der Waals surface area contributed by atoms with E-state index in [-0.39, 0.29) is 18.4 Å². The van der Waals surface area contributed by atoms with E-state index in [1.165, 1.54) is 7.11 Å². The number of rotatable bonds is 9. The minimum absolute atomic E-state index is 0.0662. The number of methoxy groups -OCH3 is 1. The Balaban J connectivity index is 2.37. The molecule has 9 nitrogen and oxygen atoms in total. The number of aliphatic hydroxyl groups is 2. The van der Waals surface area contributed by atoms with Crippen molar-refractivity contribution in [2.45, 2.75) is 89.7 Å². The van der Waals surface area contributed by atoms with Crippen LogP contribution in [0.2, 0.25) is 0 Å². The molecule has 0 aromatic carbocycles. The van der Waals surface area contributed by atoms with Crippen molar-refractivity contribution in [1.82, 2.24) is 4.98 Å². The number of aromatic nitrogens is 1. The van der Waals surface area contributed by atoms with Crippen LogP contribution >= 0.6 is 7.60 Å². The standard InChI is InChI=1S/C22H34NO8P/c1-7-10-15-14(11-13(4)21(26)23-15)19-20(29-6)18(25)16(30-19)12-22(5,9-3)31-32(27,28)17(24)8-2/h11,16-20,24-25H,8-9,12H2,1-6H3,(H,23,26)(H,27,28)/t16-,17?,18?,19+,20+,22?/m1/s1. The Morgan fingerprint density at radius 1 is 1.41 bits per heavy atom. The first-order valence-electron chi connectivity index (χ1n) is 10.7. The van der Waals surface area contributed by atoms with Crippen LogP contribution in [0.15, 0.2) is 10.9 Å². The zero-order valence-electron chi connectivity index (χ0n) is 19.4. The van der Waals surface area contributed by atoms with Gasteiger partial charge >= 0.3 is 7.60 Å². The third-order valence-corrected chi connectivity index (χ3v) is 7.72. The summed E-state index contributed by atoms with van der Waals surface area (Å²) in [4.78, 5) is 25.0. The highest BCUT2D eigenvalue weighted by atomic mass is 31.2. The van der Waals surface area contributed by atoms with Gasteiger partial charge in [-0.25, -0.2) is 0 Å². The number of aliphatic hydroxyl groups excluding tert-OH is 2.